The SMILES string of the molecule is Clc1cccc2nc(CC3CNC3)sc12. The van der Waals surface area contributed by atoms with Crippen LogP contribution in [0.15, 0.2) is 18.2 Å². The third-order valence-electron chi connectivity index (χ3n) is 2.74. The summed E-state index contributed by atoms with van der Waals surface area (Å²) >= 11 is 7.84. The molecule has 3 rings (SSSR count). The van der Waals surface area contributed by atoms with E-state index in [9.17, 15) is 0 Å². The minimum Gasteiger partial charge on any atom is -0.316 e. The van der Waals surface area contributed by atoms with E-state index < -0.39 is 0 Å². The van der Waals surface area contributed by atoms with Crippen molar-refractivity contribution in [3.05, 3.63) is 28.2 Å². The molecule has 0 spiro atoms. The average molecular weight is 239 g/mol. The Morgan fingerprint density at radius 1 is 1.47 bits per heavy atom. The van der Waals surface area contributed by atoms with Gasteiger partial charge in [0.25, 0.3) is 0 Å². The van der Waals surface area contributed by atoms with Crippen molar-refractivity contribution in [2.24, 2.45) is 5.92 Å². The van der Waals surface area contributed by atoms with Crippen LogP contribution in [0, 0.1) is 5.92 Å². The minimum absolute atomic E-state index is 0.768. The fourth-order valence-electron chi connectivity index (χ4n) is 1.79. The molecule has 78 valence electrons. The standard InChI is InChI=1S/C11H11ClN2S/c12-8-2-1-3-9-11(8)15-10(14-9)4-7-5-13-6-7/h1-3,7,13H,4-6H2. The van der Waals surface area contributed by atoms with E-state index >= 15 is 0 Å². The zero-order valence-corrected chi connectivity index (χ0v) is 9.74. The Labute approximate surface area is 97.3 Å². The lowest BCUT2D eigenvalue weighted by Gasteiger charge is -2.25. The van der Waals surface area contributed by atoms with Crippen LogP contribution in [0.4, 0.5) is 0 Å². The molecule has 2 nitrogen and oxygen atoms in total. The summed E-state index contributed by atoms with van der Waals surface area (Å²) in [7, 11) is 0. The van der Waals surface area contributed by atoms with Crippen LogP contribution in [-0.4, -0.2) is 18.1 Å². The van der Waals surface area contributed by atoms with Gasteiger partial charge in [-0.1, -0.05) is 17.7 Å². The molecule has 0 amide bonds. The highest BCUT2D eigenvalue weighted by molar-refractivity contribution is 7.19. The summed E-state index contributed by atoms with van der Waals surface area (Å²) in [6, 6.07) is 5.91. The van der Waals surface area contributed by atoms with Crippen LogP contribution in [0.3, 0.4) is 0 Å². The van der Waals surface area contributed by atoms with E-state index in [1.54, 1.807) is 11.3 Å². The van der Waals surface area contributed by atoms with Gasteiger partial charge in [-0.15, -0.1) is 11.3 Å². The number of benzene rings is 1. The van der Waals surface area contributed by atoms with E-state index in [0.717, 1.165) is 40.7 Å². The number of halogens is 1. The normalized spacial score (nSPS) is 16.9. The molecular formula is C11H11ClN2S. The Balaban J connectivity index is 1.95. The molecule has 4 heteroatoms. The van der Waals surface area contributed by atoms with Crippen LogP contribution in [0.1, 0.15) is 5.01 Å². The number of nitrogens with zero attached hydrogens (tertiary/aromatic N) is 1. The van der Waals surface area contributed by atoms with Crippen molar-refractivity contribution < 1.29 is 0 Å². The summed E-state index contributed by atoms with van der Waals surface area (Å²) in [5, 5.41) is 5.31. The summed E-state index contributed by atoms with van der Waals surface area (Å²) in [5.74, 6) is 0.768. The van der Waals surface area contributed by atoms with Crippen LogP contribution in [0.25, 0.3) is 10.2 Å². The minimum atomic E-state index is 0.768. The molecule has 1 aliphatic rings. The van der Waals surface area contributed by atoms with E-state index in [0.29, 0.717) is 0 Å². The first-order valence-electron chi connectivity index (χ1n) is 5.07. The summed E-state index contributed by atoms with van der Waals surface area (Å²) in [6.45, 7) is 2.26. The van der Waals surface area contributed by atoms with Gasteiger partial charge < -0.3 is 5.32 Å². The van der Waals surface area contributed by atoms with Gasteiger partial charge in [0.05, 0.1) is 20.2 Å². The average Bonchev–Trinajstić information content (AvgIpc) is 2.56. The first kappa shape index (κ1) is 9.58. The van der Waals surface area contributed by atoms with Gasteiger partial charge >= 0.3 is 0 Å². The van der Waals surface area contributed by atoms with Gasteiger partial charge in [0.1, 0.15) is 0 Å². The van der Waals surface area contributed by atoms with Crippen molar-refractivity contribution in [3.63, 3.8) is 0 Å². The maximum absolute atomic E-state index is 6.11. The van der Waals surface area contributed by atoms with Crippen LogP contribution in [0.5, 0.6) is 0 Å². The first-order chi connectivity index (χ1) is 7.33. The Morgan fingerprint density at radius 3 is 3.00 bits per heavy atom. The van der Waals surface area contributed by atoms with Gasteiger partial charge in [0.2, 0.25) is 0 Å². The number of hydrogen-bond acceptors (Lipinski definition) is 3. The highest BCUT2D eigenvalue weighted by Gasteiger charge is 2.19. The lowest BCUT2D eigenvalue weighted by Crippen LogP contribution is -2.43. The number of fused-ring (bicyclic) bond motifs is 1. The number of aromatic nitrogens is 1. The molecule has 1 aliphatic heterocycles. The van der Waals surface area contributed by atoms with Gasteiger partial charge in [0.15, 0.2) is 0 Å². The quantitative estimate of drug-likeness (QED) is 0.870. The second kappa shape index (κ2) is 3.74. The van der Waals surface area contributed by atoms with Gasteiger partial charge in [-0.2, -0.15) is 0 Å². The summed E-state index contributed by atoms with van der Waals surface area (Å²) in [6.07, 6.45) is 1.09. The molecule has 1 fully saturated rings. The Hall–Kier alpha value is -0.640. The molecule has 1 aromatic carbocycles. The highest BCUT2D eigenvalue weighted by Crippen LogP contribution is 2.30. The predicted octanol–water partition coefficient (Wildman–Crippen LogP) is 2.71. The zero-order valence-electron chi connectivity index (χ0n) is 8.16. The number of hydrogen-bond donors (Lipinski definition) is 1. The molecule has 0 saturated carbocycles. The Morgan fingerprint density at radius 2 is 2.33 bits per heavy atom. The lowest BCUT2D eigenvalue weighted by atomic mass is 10.0. The lowest BCUT2D eigenvalue weighted by molar-refractivity contribution is 0.346. The van der Waals surface area contributed by atoms with Gasteiger partial charge in [-0.25, -0.2) is 4.98 Å². The topological polar surface area (TPSA) is 24.9 Å². The molecule has 0 aliphatic carbocycles. The second-order valence-corrected chi connectivity index (χ2v) is 5.41. The van der Waals surface area contributed by atoms with Crippen LogP contribution in [-0.2, 0) is 6.42 Å². The third kappa shape index (κ3) is 1.75. The number of nitrogens with one attached hydrogen (secondary N) is 1. The Kier molecular flexibility index (Phi) is 2.39. The van der Waals surface area contributed by atoms with Gasteiger partial charge in [-0.05, 0) is 31.1 Å². The van der Waals surface area contributed by atoms with Crippen molar-refractivity contribution >= 4 is 33.2 Å². The molecule has 1 N–H and O–H groups in total. The smallest absolute Gasteiger partial charge is 0.0942 e. The molecule has 0 radical (unpaired) electrons. The summed E-state index contributed by atoms with van der Waals surface area (Å²) < 4.78 is 1.13. The first-order valence-corrected chi connectivity index (χ1v) is 6.27. The fourth-order valence-corrected chi connectivity index (χ4v) is 3.16. The molecule has 15 heavy (non-hydrogen) atoms. The van der Waals surface area contributed by atoms with Crippen molar-refractivity contribution in [3.8, 4) is 0 Å². The van der Waals surface area contributed by atoms with Crippen LogP contribution >= 0.6 is 22.9 Å². The van der Waals surface area contributed by atoms with E-state index in [-0.39, 0.29) is 0 Å². The molecule has 0 bridgehead atoms. The highest BCUT2D eigenvalue weighted by atomic mass is 35.5. The van der Waals surface area contributed by atoms with Crippen molar-refractivity contribution in [1.82, 2.24) is 10.3 Å². The summed E-state index contributed by atoms with van der Waals surface area (Å²) in [5.41, 5.74) is 1.04. The maximum atomic E-state index is 6.11. The van der Waals surface area contributed by atoms with E-state index in [4.69, 9.17) is 11.6 Å². The fraction of sp³-hybridized carbons (Fsp3) is 0.364. The van der Waals surface area contributed by atoms with Gasteiger partial charge in [0, 0.05) is 6.42 Å². The Bertz CT molecular complexity index is 490. The molecule has 2 aromatic rings. The van der Waals surface area contributed by atoms with Gasteiger partial charge in [-0.3, -0.25) is 0 Å². The maximum Gasteiger partial charge on any atom is 0.0942 e. The van der Waals surface area contributed by atoms with E-state index in [1.165, 1.54) is 5.01 Å². The molecule has 1 aromatic heterocycles. The zero-order chi connectivity index (χ0) is 10.3. The van der Waals surface area contributed by atoms with Crippen LogP contribution in [0.2, 0.25) is 5.02 Å². The largest absolute Gasteiger partial charge is 0.316 e. The van der Waals surface area contributed by atoms with Crippen LogP contribution < -0.4 is 5.32 Å². The molecular weight excluding hydrogens is 228 g/mol. The summed E-state index contributed by atoms with van der Waals surface area (Å²) in [4.78, 5) is 4.60. The van der Waals surface area contributed by atoms with Crippen molar-refractivity contribution in [2.75, 3.05) is 13.1 Å². The number of thiazole rings is 1. The second-order valence-electron chi connectivity index (χ2n) is 3.92. The third-order valence-corrected chi connectivity index (χ3v) is 4.29. The van der Waals surface area contributed by atoms with E-state index in [2.05, 4.69) is 10.3 Å². The van der Waals surface area contributed by atoms with Crippen molar-refractivity contribution in [1.29, 1.82) is 0 Å². The molecule has 1 saturated heterocycles. The number of rotatable bonds is 2. The molecule has 2 heterocycles. The van der Waals surface area contributed by atoms with Crippen molar-refractivity contribution in [2.45, 2.75) is 6.42 Å². The molecule has 0 atom stereocenters. The predicted molar refractivity (Wildman–Crippen MR) is 64.7 cm³/mol. The van der Waals surface area contributed by atoms with E-state index in [1.807, 2.05) is 18.2 Å². The molecule has 0 unspecified atom stereocenters. The monoisotopic (exact) mass is 238 g/mol.